The Hall–Kier alpha value is -2.38. The molecule has 1 aliphatic heterocycles. The number of amides is 2. The molecule has 144 valence electrons. The van der Waals surface area contributed by atoms with Crippen LogP contribution in [0.15, 0.2) is 41.1 Å². The molecular formula is C20H25N3O3S. The molecule has 0 atom stereocenters. The summed E-state index contributed by atoms with van der Waals surface area (Å²) in [6.07, 6.45) is 0.397. The van der Waals surface area contributed by atoms with Crippen molar-refractivity contribution >= 4 is 23.2 Å². The maximum atomic E-state index is 12.5. The predicted molar refractivity (Wildman–Crippen MR) is 106 cm³/mol. The minimum absolute atomic E-state index is 0.0247. The minimum Gasteiger partial charge on any atom is -0.497 e. The highest BCUT2D eigenvalue weighted by molar-refractivity contribution is 7.08. The summed E-state index contributed by atoms with van der Waals surface area (Å²) in [4.78, 5) is 28.6. The molecule has 1 N–H and O–H groups in total. The lowest BCUT2D eigenvalue weighted by molar-refractivity contribution is -0.132. The lowest BCUT2D eigenvalue weighted by Gasteiger charge is -2.34. The van der Waals surface area contributed by atoms with Crippen LogP contribution in [0.2, 0.25) is 0 Å². The van der Waals surface area contributed by atoms with Crippen molar-refractivity contribution in [2.24, 2.45) is 0 Å². The van der Waals surface area contributed by atoms with E-state index in [1.54, 1.807) is 7.11 Å². The highest BCUT2D eigenvalue weighted by Crippen LogP contribution is 2.14. The van der Waals surface area contributed by atoms with Crippen molar-refractivity contribution in [3.8, 4) is 5.75 Å². The van der Waals surface area contributed by atoms with Crippen molar-refractivity contribution in [2.45, 2.75) is 6.42 Å². The molecule has 6 nitrogen and oxygen atoms in total. The van der Waals surface area contributed by atoms with E-state index in [1.165, 1.54) is 11.3 Å². The van der Waals surface area contributed by atoms with Gasteiger partial charge in [-0.05, 0) is 29.1 Å². The number of carbonyl (C=O) groups excluding carboxylic acids is 2. The zero-order chi connectivity index (χ0) is 19.1. The molecule has 2 amide bonds. The molecule has 0 radical (unpaired) electrons. The molecule has 0 saturated carbocycles. The van der Waals surface area contributed by atoms with E-state index in [1.807, 2.05) is 46.0 Å². The third-order valence-corrected chi connectivity index (χ3v) is 5.39. The number of carbonyl (C=O) groups is 2. The molecule has 1 fully saturated rings. The molecule has 2 aromatic rings. The van der Waals surface area contributed by atoms with Crippen LogP contribution in [0.3, 0.4) is 0 Å². The Balaban J connectivity index is 1.38. The van der Waals surface area contributed by atoms with Crippen LogP contribution in [-0.2, 0) is 11.2 Å². The Morgan fingerprint density at radius 1 is 1.19 bits per heavy atom. The average molecular weight is 388 g/mol. The van der Waals surface area contributed by atoms with Gasteiger partial charge < -0.3 is 15.0 Å². The molecule has 0 aliphatic carbocycles. The van der Waals surface area contributed by atoms with Crippen molar-refractivity contribution in [2.75, 3.05) is 46.4 Å². The highest BCUT2D eigenvalue weighted by Gasteiger charge is 2.21. The summed E-state index contributed by atoms with van der Waals surface area (Å²) >= 11 is 1.52. The van der Waals surface area contributed by atoms with Gasteiger partial charge in [0.1, 0.15) is 5.75 Å². The first-order valence-electron chi connectivity index (χ1n) is 9.09. The Morgan fingerprint density at radius 2 is 2.00 bits per heavy atom. The topological polar surface area (TPSA) is 61.9 Å². The summed E-state index contributed by atoms with van der Waals surface area (Å²) in [5.74, 6) is 0.895. The first-order valence-corrected chi connectivity index (χ1v) is 10.0. The van der Waals surface area contributed by atoms with Crippen molar-refractivity contribution in [1.82, 2.24) is 15.1 Å². The minimum atomic E-state index is -0.0247. The van der Waals surface area contributed by atoms with Gasteiger partial charge in [0.25, 0.3) is 5.91 Å². The third-order valence-electron chi connectivity index (χ3n) is 4.71. The summed E-state index contributed by atoms with van der Waals surface area (Å²) in [5, 5.41) is 6.69. The second kappa shape index (κ2) is 9.53. The predicted octanol–water partition coefficient (Wildman–Crippen LogP) is 1.87. The van der Waals surface area contributed by atoms with E-state index in [2.05, 4.69) is 10.2 Å². The standard InChI is InChI=1S/C20H25N3O3S/c1-26-18-4-2-3-16(13-18)14-19(24)23-10-8-22(9-11-23)7-6-21-20(25)17-5-12-27-15-17/h2-5,12-13,15H,6-11,14H2,1H3,(H,21,25). The molecule has 1 aliphatic rings. The molecule has 0 unspecified atom stereocenters. The molecule has 3 rings (SSSR count). The fourth-order valence-electron chi connectivity index (χ4n) is 3.11. The zero-order valence-electron chi connectivity index (χ0n) is 15.5. The van der Waals surface area contributed by atoms with Gasteiger partial charge in [-0.15, -0.1) is 0 Å². The van der Waals surface area contributed by atoms with Gasteiger partial charge in [0.15, 0.2) is 0 Å². The number of hydrogen-bond donors (Lipinski definition) is 1. The second-order valence-corrected chi connectivity index (χ2v) is 7.30. The Bertz CT molecular complexity index is 756. The van der Waals surface area contributed by atoms with E-state index in [0.29, 0.717) is 18.5 Å². The number of hydrogen-bond acceptors (Lipinski definition) is 5. The number of thiophene rings is 1. The first kappa shape index (κ1) is 19.4. The quantitative estimate of drug-likeness (QED) is 0.788. The molecule has 7 heteroatoms. The number of nitrogens with one attached hydrogen (secondary N) is 1. The van der Waals surface area contributed by atoms with Crippen molar-refractivity contribution in [3.63, 3.8) is 0 Å². The third kappa shape index (κ3) is 5.55. The molecule has 1 aromatic heterocycles. The van der Waals surface area contributed by atoms with E-state index < -0.39 is 0 Å². The average Bonchev–Trinajstić information content (AvgIpc) is 3.23. The number of rotatable bonds is 7. The van der Waals surface area contributed by atoms with Crippen LogP contribution in [0.1, 0.15) is 15.9 Å². The van der Waals surface area contributed by atoms with Crippen molar-refractivity contribution < 1.29 is 14.3 Å². The molecule has 2 heterocycles. The lowest BCUT2D eigenvalue weighted by Crippen LogP contribution is -2.50. The smallest absolute Gasteiger partial charge is 0.252 e. The molecular weight excluding hydrogens is 362 g/mol. The van der Waals surface area contributed by atoms with Gasteiger partial charge in [-0.1, -0.05) is 12.1 Å². The van der Waals surface area contributed by atoms with E-state index in [4.69, 9.17) is 4.74 Å². The van der Waals surface area contributed by atoms with Crippen LogP contribution >= 0.6 is 11.3 Å². The molecule has 0 spiro atoms. The number of benzene rings is 1. The molecule has 27 heavy (non-hydrogen) atoms. The fraction of sp³-hybridized carbons (Fsp3) is 0.400. The van der Waals surface area contributed by atoms with Crippen molar-refractivity contribution in [3.05, 3.63) is 52.2 Å². The summed E-state index contributed by atoms with van der Waals surface area (Å²) in [6, 6.07) is 9.47. The fourth-order valence-corrected chi connectivity index (χ4v) is 3.75. The van der Waals surface area contributed by atoms with Gasteiger partial charge in [0, 0.05) is 50.2 Å². The number of nitrogens with zero attached hydrogens (tertiary/aromatic N) is 2. The Labute approximate surface area is 163 Å². The summed E-state index contributed by atoms with van der Waals surface area (Å²) in [7, 11) is 1.63. The van der Waals surface area contributed by atoms with E-state index in [0.717, 1.165) is 44.0 Å². The van der Waals surface area contributed by atoms with Gasteiger partial charge in [-0.2, -0.15) is 11.3 Å². The Kier molecular flexibility index (Phi) is 6.84. The van der Waals surface area contributed by atoms with Crippen molar-refractivity contribution in [1.29, 1.82) is 0 Å². The maximum absolute atomic E-state index is 12.5. The van der Waals surface area contributed by atoms with Gasteiger partial charge in [-0.25, -0.2) is 0 Å². The van der Waals surface area contributed by atoms with Gasteiger partial charge in [0.05, 0.1) is 13.5 Å². The summed E-state index contributed by atoms with van der Waals surface area (Å²) < 4.78 is 5.21. The lowest BCUT2D eigenvalue weighted by atomic mass is 10.1. The zero-order valence-corrected chi connectivity index (χ0v) is 16.3. The van der Waals surface area contributed by atoms with Gasteiger partial charge in [-0.3, -0.25) is 14.5 Å². The molecule has 1 saturated heterocycles. The monoisotopic (exact) mass is 387 g/mol. The largest absolute Gasteiger partial charge is 0.497 e. The second-order valence-electron chi connectivity index (χ2n) is 6.52. The number of ether oxygens (including phenoxy) is 1. The van der Waals surface area contributed by atoms with Crippen LogP contribution < -0.4 is 10.1 Å². The Morgan fingerprint density at radius 3 is 2.70 bits per heavy atom. The van der Waals surface area contributed by atoms with E-state index in [9.17, 15) is 9.59 Å². The SMILES string of the molecule is COc1cccc(CC(=O)N2CCN(CCNC(=O)c3ccsc3)CC2)c1. The molecule has 0 bridgehead atoms. The van der Waals surface area contributed by atoms with Crippen LogP contribution in [-0.4, -0.2) is 68.0 Å². The van der Waals surface area contributed by atoms with E-state index >= 15 is 0 Å². The number of piperazine rings is 1. The van der Waals surface area contributed by atoms with Gasteiger partial charge in [0.2, 0.25) is 5.91 Å². The van der Waals surface area contributed by atoms with Crippen LogP contribution in [0, 0.1) is 0 Å². The number of methoxy groups -OCH3 is 1. The van der Waals surface area contributed by atoms with E-state index in [-0.39, 0.29) is 11.8 Å². The maximum Gasteiger partial charge on any atom is 0.252 e. The summed E-state index contributed by atoms with van der Waals surface area (Å²) in [6.45, 7) is 4.53. The van der Waals surface area contributed by atoms with Crippen LogP contribution in [0.4, 0.5) is 0 Å². The normalized spacial score (nSPS) is 14.8. The van der Waals surface area contributed by atoms with Crippen LogP contribution in [0.5, 0.6) is 5.75 Å². The van der Waals surface area contributed by atoms with Gasteiger partial charge >= 0.3 is 0 Å². The molecule has 1 aromatic carbocycles. The summed E-state index contributed by atoms with van der Waals surface area (Å²) in [5.41, 5.74) is 1.69. The first-order chi connectivity index (χ1) is 13.2. The highest BCUT2D eigenvalue weighted by atomic mass is 32.1. The van der Waals surface area contributed by atoms with Crippen LogP contribution in [0.25, 0.3) is 0 Å².